The topological polar surface area (TPSA) is 67.0 Å². The van der Waals surface area contributed by atoms with E-state index >= 15 is 0 Å². The van der Waals surface area contributed by atoms with Crippen molar-refractivity contribution in [3.8, 4) is 0 Å². The molecule has 0 saturated heterocycles. The van der Waals surface area contributed by atoms with E-state index in [9.17, 15) is 4.79 Å². The summed E-state index contributed by atoms with van der Waals surface area (Å²) in [4.78, 5) is 19.2. The van der Waals surface area contributed by atoms with Crippen LogP contribution in [0.2, 0.25) is 5.02 Å². The Balaban J connectivity index is 1.90. The molecule has 0 aliphatic carbocycles. The lowest BCUT2D eigenvalue weighted by atomic mass is 10.3. The second kappa shape index (κ2) is 6.97. The van der Waals surface area contributed by atoms with Gasteiger partial charge in [-0.2, -0.15) is 0 Å². The van der Waals surface area contributed by atoms with Gasteiger partial charge in [0.2, 0.25) is 5.91 Å². The highest BCUT2D eigenvalue weighted by Gasteiger charge is 2.09. The summed E-state index contributed by atoms with van der Waals surface area (Å²) in [5.41, 5.74) is 1.71. The molecule has 20 heavy (non-hydrogen) atoms. The fourth-order valence-corrected chi connectivity index (χ4v) is 2.64. The molecule has 2 aromatic rings. The number of nitrogens with one attached hydrogen (secondary N) is 2. The van der Waals surface area contributed by atoms with Crippen LogP contribution in [0.25, 0.3) is 11.0 Å². The maximum absolute atomic E-state index is 11.7. The van der Waals surface area contributed by atoms with Crippen molar-refractivity contribution >= 4 is 40.3 Å². The van der Waals surface area contributed by atoms with E-state index in [1.807, 2.05) is 19.1 Å². The average molecular weight is 314 g/mol. The number of carbonyl (C=O) groups is 1. The van der Waals surface area contributed by atoms with E-state index in [-0.39, 0.29) is 11.9 Å². The van der Waals surface area contributed by atoms with E-state index < -0.39 is 0 Å². The maximum Gasteiger partial charge on any atom is 0.230 e. The Hall–Kier alpha value is -1.24. The number of imidazole rings is 1. The van der Waals surface area contributed by atoms with E-state index in [4.69, 9.17) is 16.3 Å². The van der Waals surface area contributed by atoms with Gasteiger partial charge in [0.05, 0.1) is 23.4 Å². The van der Waals surface area contributed by atoms with Gasteiger partial charge in [-0.25, -0.2) is 4.98 Å². The molecule has 1 heterocycles. The van der Waals surface area contributed by atoms with Crippen molar-refractivity contribution in [1.82, 2.24) is 15.3 Å². The fraction of sp³-hybridized carbons (Fsp3) is 0.385. The minimum atomic E-state index is -0.0435. The molecule has 0 bridgehead atoms. The highest BCUT2D eigenvalue weighted by molar-refractivity contribution is 7.99. The van der Waals surface area contributed by atoms with Crippen LogP contribution in [0.5, 0.6) is 0 Å². The lowest BCUT2D eigenvalue weighted by Gasteiger charge is -2.11. The van der Waals surface area contributed by atoms with E-state index in [0.717, 1.165) is 11.0 Å². The molecule has 1 aromatic carbocycles. The van der Waals surface area contributed by atoms with Crippen LogP contribution in [0.1, 0.15) is 6.92 Å². The molecular weight excluding hydrogens is 298 g/mol. The molecule has 1 amide bonds. The third-order valence-corrected chi connectivity index (χ3v) is 3.69. The number of rotatable bonds is 6. The molecule has 0 radical (unpaired) electrons. The number of aromatic nitrogens is 2. The minimum Gasteiger partial charge on any atom is -0.383 e. The second-order valence-corrected chi connectivity index (χ2v) is 5.82. The molecule has 7 heteroatoms. The molecule has 5 nitrogen and oxygen atoms in total. The van der Waals surface area contributed by atoms with Gasteiger partial charge in [0.15, 0.2) is 5.16 Å². The summed E-state index contributed by atoms with van der Waals surface area (Å²) in [5.74, 6) is 0.264. The molecule has 0 fully saturated rings. The zero-order valence-electron chi connectivity index (χ0n) is 11.3. The molecule has 1 aromatic heterocycles. The first-order valence-corrected chi connectivity index (χ1v) is 7.51. The van der Waals surface area contributed by atoms with Crippen molar-refractivity contribution in [3.05, 3.63) is 23.2 Å². The summed E-state index contributed by atoms with van der Waals surface area (Å²) in [7, 11) is 1.61. The summed E-state index contributed by atoms with van der Waals surface area (Å²) in [6, 6.07) is 5.45. The molecule has 0 aliphatic heterocycles. The van der Waals surface area contributed by atoms with Crippen molar-refractivity contribution in [2.45, 2.75) is 18.1 Å². The molecular formula is C13H16ClN3O2S. The van der Waals surface area contributed by atoms with Crippen LogP contribution in [-0.2, 0) is 9.53 Å². The first-order valence-electron chi connectivity index (χ1n) is 6.15. The number of aromatic amines is 1. The van der Waals surface area contributed by atoms with Gasteiger partial charge in [0.1, 0.15) is 0 Å². The first-order chi connectivity index (χ1) is 9.58. The largest absolute Gasteiger partial charge is 0.383 e. The molecule has 0 saturated carbocycles. The van der Waals surface area contributed by atoms with E-state index in [2.05, 4.69) is 15.3 Å². The minimum absolute atomic E-state index is 0.00239. The van der Waals surface area contributed by atoms with Crippen molar-refractivity contribution in [2.24, 2.45) is 0 Å². The highest BCUT2D eigenvalue weighted by atomic mass is 35.5. The summed E-state index contributed by atoms with van der Waals surface area (Å²) in [6.07, 6.45) is 0. The van der Waals surface area contributed by atoms with E-state index in [1.54, 1.807) is 13.2 Å². The quantitative estimate of drug-likeness (QED) is 0.804. The van der Waals surface area contributed by atoms with Gasteiger partial charge >= 0.3 is 0 Å². The van der Waals surface area contributed by atoms with Crippen molar-refractivity contribution in [1.29, 1.82) is 0 Å². The standard InChI is InChI=1S/C13H16ClN3O2S/c1-8(6-19-2)15-12(18)7-20-13-16-10-4-3-9(14)5-11(10)17-13/h3-5,8H,6-7H2,1-2H3,(H,15,18)(H,16,17). The number of thioether (sulfide) groups is 1. The summed E-state index contributed by atoms with van der Waals surface area (Å²) in [6.45, 7) is 2.40. The lowest BCUT2D eigenvalue weighted by Crippen LogP contribution is -2.36. The first kappa shape index (κ1) is 15.2. The van der Waals surface area contributed by atoms with Gasteiger partial charge in [-0.15, -0.1) is 0 Å². The second-order valence-electron chi connectivity index (χ2n) is 4.42. The van der Waals surface area contributed by atoms with Gasteiger partial charge in [-0.3, -0.25) is 4.79 Å². The molecule has 2 rings (SSSR count). The number of hydrogen-bond donors (Lipinski definition) is 2. The number of ether oxygens (including phenoxy) is 1. The van der Waals surface area contributed by atoms with Crippen LogP contribution in [0.4, 0.5) is 0 Å². The van der Waals surface area contributed by atoms with Crippen LogP contribution >= 0.6 is 23.4 Å². The number of H-pyrrole nitrogens is 1. The normalized spacial score (nSPS) is 12.6. The number of fused-ring (bicyclic) bond motifs is 1. The Morgan fingerprint density at radius 2 is 2.40 bits per heavy atom. The smallest absolute Gasteiger partial charge is 0.230 e. The van der Waals surface area contributed by atoms with Crippen LogP contribution in [0, 0.1) is 0 Å². The maximum atomic E-state index is 11.7. The number of hydrogen-bond acceptors (Lipinski definition) is 4. The van der Waals surface area contributed by atoms with E-state index in [1.165, 1.54) is 11.8 Å². The predicted octanol–water partition coefficient (Wildman–Crippen LogP) is 2.46. The Morgan fingerprint density at radius 3 is 3.15 bits per heavy atom. The van der Waals surface area contributed by atoms with Crippen LogP contribution in [0.15, 0.2) is 23.4 Å². The van der Waals surface area contributed by atoms with Crippen LogP contribution in [0.3, 0.4) is 0 Å². The zero-order valence-corrected chi connectivity index (χ0v) is 12.8. The number of nitrogens with zero attached hydrogens (tertiary/aromatic N) is 1. The summed E-state index contributed by atoms with van der Waals surface area (Å²) in [5, 5.41) is 4.21. The molecule has 108 valence electrons. The lowest BCUT2D eigenvalue weighted by molar-refractivity contribution is -0.119. The van der Waals surface area contributed by atoms with Crippen molar-refractivity contribution < 1.29 is 9.53 Å². The zero-order chi connectivity index (χ0) is 14.5. The monoisotopic (exact) mass is 313 g/mol. The Morgan fingerprint density at radius 1 is 1.60 bits per heavy atom. The van der Waals surface area contributed by atoms with Gasteiger partial charge in [0, 0.05) is 18.2 Å². The molecule has 1 atom stereocenters. The molecule has 1 unspecified atom stereocenters. The number of amides is 1. The van der Waals surface area contributed by atoms with Crippen LogP contribution < -0.4 is 5.32 Å². The highest BCUT2D eigenvalue weighted by Crippen LogP contribution is 2.21. The predicted molar refractivity (Wildman–Crippen MR) is 81.3 cm³/mol. The third-order valence-electron chi connectivity index (χ3n) is 2.59. The van der Waals surface area contributed by atoms with E-state index in [0.29, 0.717) is 22.5 Å². The molecule has 0 spiro atoms. The Kier molecular flexibility index (Phi) is 5.28. The van der Waals surface area contributed by atoms with Gasteiger partial charge < -0.3 is 15.0 Å². The Bertz CT molecular complexity index is 602. The summed E-state index contributed by atoms with van der Waals surface area (Å²) < 4.78 is 4.97. The summed E-state index contributed by atoms with van der Waals surface area (Å²) >= 11 is 7.27. The number of carbonyl (C=O) groups excluding carboxylic acids is 1. The van der Waals surface area contributed by atoms with Gasteiger partial charge in [-0.05, 0) is 25.1 Å². The Labute approximate surface area is 126 Å². The van der Waals surface area contributed by atoms with Crippen molar-refractivity contribution in [3.63, 3.8) is 0 Å². The SMILES string of the molecule is COCC(C)NC(=O)CSc1nc2ccc(Cl)cc2[nH]1. The fourth-order valence-electron chi connectivity index (χ4n) is 1.77. The molecule has 2 N–H and O–H groups in total. The average Bonchev–Trinajstić information content (AvgIpc) is 2.78. The number of methoxy groups -OCH3 is 1. The third kappa shape index (κ3) is 4.13. The van der Waals surface area contributed by atoms with Crippen molar-refractivity contribution in [2.75, 3.05) is 19.5 Å². The number of halogens is 1. The van der Waals surface area contributed by atoms with Gasteiger partial charge in [-0.1, -0.05) is 23.4 Å². The number of benzene rings is 1. The molecule has 0 aliphatic rings. The van der Waals surface area contributed by atoms with Crippen LogP contribution in [-0.4, -0.2) is 41.4 Å². The van der Waals surface area contributed by atoms with Gasteiger partial charge in [0.25, 0.3) is 0 Å².